The largest absolute Gasteiger partial charge is 0.465 e. The van der Waals surface area contributed by atoms with Gasteiger partial charge in [-0.1, -0.05) is 12.5 Å². The van der Waals surface area contributed by atoms with Crippen LogP contribution in [0.25, 0.3) is 0 Å². The zero-order valence-corrected chi connectivity index (χ0v) is 10.9. The third-order valence-electron chi connectivity index (χ3n) is 4.26. The summed E-state index contributed by atoms with van der Waals surface area (Å²) in [5.41, 5.74) is 1.12. The molecular formula is C15H17NO3. The number of hydrogen-bond donors (Lipinski definition) is 1. The van der Waals surface area contributed by atoms with Crippen molar-refractivity contribution in [3.05, 3.63) is 29.8 Å². The summed E-state index contributed by atoms with van der Waals surface area (Å²) in [6.45, 7) is 0. The third-order valence-corrected chi connectivity index (χ3v) is 4.26. The molecule has 2 atom stereocenters. The van der Waals surface area contributed by atoms with Crippen molar-refractivity contribution >= 4 is 17.6 Å². The lowest BCUT2D eigenvalue weighted by Gasteiger charge is -2.07. The van der Waals surface area contributed by atoms with Crippen LogP contribution >= 0.6 is 0 Å². The van der Waals surface area contributed by atoms with Gasteiger partial charge in [-0.05, 0) is 42.9 Å². The summed E-state index contributed by atoms with van der Waals surface area (Å²) in [6, 6.07) is 6.87. The second-order valence-electron chi connectivity index (χ2n) is 5.35. The van der Waals surface area contributed by atoms with Crippen LogP contribution in [0.1, 0.15) is 29.6 Å². The Morgan fingerprint density at radius 2 is 2.00 bits per heavy atom. The van der Waals surface area contributed by atoms with Gasteiger partial charge in [-0.3, -0.25) is 4.79 Å². The van der Waals surface area contributed by atoms with Crippen LogP contribution in [0.15, 0.2) is 24.3 Å². The molecule has 100 valence electrons. The molecule has 2 aliphatic rings. The summed E-state index contributed by atoms with van der Waals surface area (Å²) in [5, 5.41) is 2.91. The summed E-state index contributed by atoms with van der Waals surface area (Å²) in [5.74, 6) is 1.10. The Bertz CT molecular complexity index is 516. The normalized spacial score (nSPS) is 27.5. The van der Waals surface area contributed by atoms with E-state index in [-0.39, 0.29) is 17.8 Å². The Morgan fingerprint density at radius 1 is 1.26 bits per heavy atom. The molecule has 1 N–H and O–H groups in total. The highest BCUT2D eigenvalue weighted by Gasteiger charge is 2.56. The van der Waals surface area contributed by atoms with E-state index in [2.05, 4.69) is 10.1 Å². The molecule has 0 bridgehead atoms. The van der Waals surface area contributed by atoms with Crippen LogP contribution in [0.4, 0.5) is 5.69 Å². The Morgan fingerprint density at radius 3 is 2.68 bits per heavy atom. The van der Waals surface area contributed by atoms with Crippen LogP contribution in [0.3, 0.4) is 0 Å². The van der Waals surface area contributed by atoms with Gasteiger partial charge >= 0.3 is 5.97 Å². The molecule has 4 nitrogen and oxygen atoms in total. The Kier molecular flexibility index (Phi) is 3.01. The van der Waals surface area contributed by atoms with Crippen molar-refractivity contribution in [2.24, 2.45) is 17.8 Å². The zero-order chi connectivity index (χ0) is 13.4. The van der Waals surface area contributed by atoms with Gasteiger partial charge in [0.1, 0.15) is 0 Å². The van der Waals surface area contributed by atoms with E-state index >= 15 is 0 Å². The summed E-state index contributed by atoms with van der Waals surface area (Å²) in [6.07, 6.45) is 3.63. The first-order valence-corrected chi connectivity index (χ1v) is 6.70. The molecule has 0 aromatic heterocycles. The number of carbonyl (C=O) groups excluding carboxylic acids is 2. The van der Waals surface area contributed by atoms with E-state index in [4.69, 9.17) is 0 Å². The summed E-state index contributed by atoms with van der Waals surface area (Å²) in [4.78, 5) is 23.5. The molecule has 2 aliphatic carbocycles. The molecular weight excluding hydrogens is 242 g/mol. The molecule has 3 rings (SSSR count). The van der Waals surface area contributed by atoms with Crippen molar-refractivity contribution in [2.75, 3.05) is 12.4 Å². The van der Waals surface area contributed by atoms with E-state index in [1.165, 1.54) is 26.4 Å². The number of rotatable bonds is 3. The molecule has 2 saturated carbocycles. The predicted molar refractivity (Wildman–Crippen MR) is 70.7 cm³/mol. The molecule has 1 amide bonds. The topological polar surface area (TPSA) is 55.4 Å². The number of esters is 1. The molecule has 19 heavy (non-hydrogen) atoms. The van der Waals surface area contributed by atoms with Crippen LogP contribution in [0.2, 0.25) is 0 Å². The van der Waals surface area contributed by atoms with Gasteiger partial charge in [-0.25, -0.2) is 4.79 Å². The zero-order valence-electron chi connectivity index (χ0n) is 10.9. The van der Waals surface area contributed by atoms with Gasteiger partial charge in [0.25, 0.3) is 0 Å². The van der Waals surface area contributed by atoms with E-state index in [0.717, 1.165) is 0 Å². The monoisotopic (exact) mass is 259 g/mol. The average molecular weight is 259 g/mol. The molecule has 2 fully saturated rings. The van der Waals surface area contributed by atoms with Crippen LogP contribution in [-0.4, -0.2) is 19.0 Å². The first-order valence-electron chi connectivity index (χ1n) is 6.70. The van der Waals surface area contributed by atoms with Gasteiger partial charge < -0.3 is 10.1 Å². The van der Waals surface area contributed by atoms with Gasteiger partial charge in [0.15, 0.2) is 0 Å². The summed E-state index contributed by atoms with van der Waals surface area (Å²) >= 11 is 0. The third kappa shape index (κ3) is 2.23. The Labute approximate surface area is 112 Å². The maximum absolute atomic E-state index is 12.1. The van der Waals surface area contributed by atoms with E-state index < -0.39 is 0 Å². The lowest BCUT2D eigenvalue weighted by molar-refractivity contribution is -0.118. The van der Waals surface area contributed by atoms with Crippen molar-refractivity contribution in [3.63, 3.8) is 0 Å². The highest BCUT2D eigenvalue weighted by molar-refractivity contribution is 5.97. The van der Waals surface area contributed by atoms with Crippen molar-refractivity contribution in [1.29, 1.82) is 0 Å². The number of amides is 1. The van der Waals surface area contributed by atoms with Crippen molar-refractivity contribution < 1.29 is 14.3 Å². The summed E-state index contributed by atoms with van der Waals surface area (Å²) in [7, 11) is 1.35. The molecule has 4 heteroatoms. The van der Waals surface area contributed by atoms with Gasteiger partial charge in [0.05, 0.1) is 12.7 Å². The first kappa shape index (κ1) is 12.2. The number of carbonyl (C=O) groups is 2. The number of fused-ring (bicyclic) bond motifs is 1. The summed E-state index contributed by atoms with van der Waals surface area (Å²) < 4.78 is 4.67. The minimum absolute atomic E-state index is 0.0942. The highest BCUT2D eigenvalue weighted by Crippen LogP contribution is 2.57. The van der Waals surface area contributed by atoms with Gasteiger partial charge in [-0.2, -0.15) is 0 Å². The van der Waals surface area contributed by atoms with Crippen LogP contribution in [0.5, 0.6) is 0 Å². The lowest BCUT2D eigenvalue weighted by atomic mass is 10.1. The van der Waals surface area contributed by atoms with Crippen LogP contribution in [-0.2, 0) is 9.53 Å². The molecule has 0 saturated heterocycles. The maximum Gasteiger partial charge on any atom is 0.337 e. The first-order chi connectivity index (χ1) is 9.20. The fraction of sp³-hybridized carbons (Fsp3) is 0.467. The van der Waals surface area contributed by atoms with Gasteiger partial charge in [0.2, 0.25) is 5.91 Å². The average Bonchev–Trinajstić information content (AvgIpc) is 2.92. The fourth-order valence-corrected chi connectivity index (χ4v) is 3.28. The number of anilines is 1. The van der Waals surface area contributed by atoms with E-state index in [1.54, 1.807) is 24.3 Å². The molecule has 1 aromatic carbocycles. The van der Waals surface area contributed by atoms with Gasteiger partial charge in [-0.15, -0.1) is 0 Å². The SMILES string of the molecule is COC(=O)c1cccc(NC(=O)C2C3CCCC32)c1. The van der Waals surface area contributed by atoms with Crippen LogP contribution < -0.4 is 5.32 Å². The Balaban J connectivity index is 1.66. The number of benzene rings is 1. The van der Waals surface area contributed by atoms with Crippen LogP contribution in [0, 0.1) is 17.8 Å². The maximum atomic E-state index is 12.1. The van der Waals surface area contributed by atoms with E-state index in [9.17, 15) is 9.59 Å². The second kappa shape index (κ2) is 4.68. The molecule has 2 unspecified atom stereocenters. The number of hydrogen-bond acceptors (Lipinski definition) is 3. The quantitative estimate of drug-likeness (QED) is 0.848. The minimum Gasteiger partial charge on any atom is -0.465 e. The molecule has 0 aliphatic heterocycles. The molecule has 0 radical (unpaired) electrons. The Hall–Kier alpha value is -1.84. The number of methoxy groups -OCH3 is 1. The van der Waals surface area contributed by atoms with Crippen molar-refractivity contribution in [3.8, 4) is 0 Å². The standard InChI is InChI=1S/C15H17NO3/c1-19-15(18)9-4-2-5-10(8-9)16-14(17)13-11-6-3-7-12(11)13/h2,4-5,8,11-13H,3,6-7H2,1H3,(H,16,17). The minimum atomic E-state index is -0.389. The van der Waals surface area contributed by atoms with E-state index in [0.29, 0.717) is 23.1 Å². The second-order valence-corrected chi connectivity index (χ2v) is 5.35. The molecule has 0 heterocycles. The fourth-order valence-electron chi connectivity index (χ4n) is 3.28. The molecule has 1 aromatic rings. The highest BCUT2D eigenvalue weighted by atomic mass is 16.5. The lowest BCUT2D eigenvalue weighted by Crippen LogP contribution is -2.16. The van der Waals surface area contributed by atoms with Crippen molar-refractivity contribution in [2.45, 2.75) is 19.3 Å². The van der Waals surface area contributed by atoms with Gasteiger partial charge in [0, 0.05) is 11.6 Å². The van der Waals surface area contributed by atoms with E-state index in [1.807, 2.05) is 0 Å². The number of ether oxygens (including phenoxy) is 1. The van der Waals surface area contributed by atoms with Crippen molar-refractivity contribution in [1.82, 2.24) is 0 Å². The molecule has 0 spiro atoms. The number of nitrogens with one attached hydrogen (secondary N) is 1. The smallest absolute Gasteiger partial charge is 0.337 e. The predicted octanol–water partition coefficient (Wildman–Crippen LogP) is 2.46.